The molecule has 3 rings (SSSR count). The van der Waals surface area contributed by atoms with E-state index in [1.807, 2.05) is 0 Å². The lowest BCUT2D eigenvalue weighted by Crippen LogP contribution is -2.00. The molecule has 0 fully saturated rings. The molecule has 0 aliphatic carbocycles. The summed E-state index contributed by atoms with van der Waals surface area (Å²) < 4.78 is 5.58. The van der Waals surface area contributed by atoms with Gasteiger partial charge in [-0.2, -0.15) is 0 Å². The third-order valence-corrected chi connectivity index (χ3v) is 2.66. The molecule has 0 bridgehead atoms. The van der Waals surface area contributed by atoms with Gasteiger partial charge in [0, 0.05) is 17.8 Å². The molecular weight excluding hydrogens is 230 g/mol. The number of pyridine rings is 1. The monoisotopic (exact) mass is 239 g/mol. The molecule has 0 aliphatic heterocycles. The highest BCUT2D eigenvalue weighted by molar-refractivity contribution is 5.74. The Hall–Kier alpha value is -2.62. The summed E-state index contributed by atoms with van der Waals surface area (Å²) in [4.78, 5) is 15.9. The normalized spacial score (nSPS) is 10.7. The van der Waals surface area contributed by atoms with Crippen molar-refractivity contribution in [2.45, 2.75) is 0 Å². The molecule has 0 saturated carbocycles. The second-order valence-electron chi connectivity index (χ2n) is 3.88. The molecule has 3 aromatic rings. The van der Waals surface area contributed by atoms with Crippen LogP contribution in [0.25, 0.3) is 22.4 Å². The number of hydrogen-bond donors (Lipinski definition) is 1. The smallest absolute Gasteiger partial charge is 0.230 e. The van der Waals surface area contributed by atoms with Gasteiger partial charge < -0.3 is 9.52 Å². The lowest BCUT2D eigenvalue weighted by Gasteiger charge is -2.02. The van der Waals surface area contributed by atoms with Crippen LogP contribution in [0.3, 0.4) is 0 Å². The third kappa shape index (κ3) is 1.73. The van der Waals surface area contributed by atoms with Gasteiger partial charge >= 0.3 is 0 Å². The van der Waals surface area contributed by atoms with Crippen molar-refractivity contribution < 1.29 is 9.52 Å². The van der Waals surface area contributed by atoms with Crippen LogP contribution in [-0.2, 0) is 0 Å². The maximum Gasteiger partial charge on any atom is 0.230 e. The van der Waals surface area contributed by atoms with E-state index in [0.29, 0.717) is 16.9 Å². The predicted octanol–water partition coefficient (Wildman–Crippen LogP) is 2.56. The number of rotatable bonds is 1. The van der Waals surface area contributed by atoms with Gasteiger partial charge in [0.2, 0.25) is 5.71 Å². The van der Waals surface area contributed by atoms with Crippen molar-refractivity contribution in [3.05, 3.63) is 58.9 Å². The molecule has 1 aromatic carbocycles. The van der Waals surface area contributed by atoms with E-state index in [9.17, 15) is 9.90 Å². The van der Waals surface area contributed by atoms with Gasteiger partial charge in [-0.25, -0.2) is 4.98 Å². The van der Waals surface area contributed by atoms with E-state index >= 15 is 0 Å². The number of phenolic OH excluding ortho intramolecular Hbond substituents is 1. The molecule has 0 spiro atoms. The number of aromatic nitrogens is 1. The summed E-state index contributed by atoms with van der Waals surface area (Å²) in [5.74, 6) is 0.603. The molecule has 0 atom stereocenters. The predicted molar refractivity (Wildman–Crippen MR) is 67.4 cm³/mol. The Labute approximate surface area is 102 Å². The number of benzene rings is 1. The summed E-state index contributed by atoms with van der Waals surface area (Å²) in [7, 11) is 0. The molecule has 0 saturated heterocycles. The molecule has 1 N–H and O–H groups in total. The van der Waals surface area contributed by atoms with Crippen LogP contribution in [0.15, 0.2) is 57.9 Å². The zero-order valence-electron chi connectivity index (χ0n) is 9.33. The zero-order valence-corrected chi connectivity index (χ0v) is 9.33. The second-order valence-corrected chi connectivity index (χ2v) is 3.88. The summed E-state index contributed by atoms with van der Waals surface area (Å²) >= 11 is 0. The van der Waals surface area contributed by atoms with Crippen LogP contribution in [0.4, 0.5) is 0 Å². The van der Waals surface area contributed by atoms with E-state index < -0.39 is 0 Å². The van der Waals surface area contributed by atoms with E-state index in [1.165, 1.54) is 18.2 Å². The van der Waals surface area contributed by atoms with Gasteiger partial charge in [0.05, 0.1) is 5.39 Å². The second kappa shape index (κ2) is 4.00. The lowest BCUT2D eigenvalue weighted by atomic mass is 10.1. The van der Waals surface area contributed by atoms with Gasteiger partial charge in [-0.1, -0.05) is 0 Å². The summed E-state index contributed by atoms with van der Waals surface area (Å²) in [6.07, 6.45) is 1.58. The maximum absolute atomic E-state index is 11.9. The highest BCUT2D eigenvalue weighted by Crippen LogP contribution is 2.22. The first-order valence-electron chi connectivity index (χ1n) is 5.42. The van der Waals surface area contributed by atoms with Gasteiger partial charge in [-0.15, -0.1) is 0 Å². The first-order chi connectivity index (χ1) is 8.74. The fourth-order valence-corrected chi connectivity index (χ4v) is 1.76. The van der Waals surface area contributed by atoms with Crippen molar-refractivity contribution in [3.63, 3.8) is 0 Å². The van der Waals surface area contributed by atoms with Crippen LogP contribution in [0.5, 0.6) is 5.75 Å². The molecule has 0 unspecified atom stereocenters. The fraction of sp³-hybridized carbons (Fsp3) is 0. The first-order valence-corrected chi connectivity index (χ1v) is 5.42. The Morgan fingerprint density at radius 2 is 1.89 bits per heavy atom. The summed E-state index contributed by atoms with van der Waals surface area (Å²) in [6, 6.07) is 11.2. The topological polar surface area (TPSA) is 63.3 Å². The van der Waals surface area contributed by atoms with Crippen molar-refractivity contribution in [1.29, 1.82) is 0 Å². The van der Waals surface area contributed by atoms with Crippen molar-refractivity contribution in [1.82, 2.24) is 4.98 Å². The number of fused-ring (bicyclic) bond motifs is 1. The van der Waals surface area contributed by atoms with Gasteiger partial charge in [-0.3, -0.25) is 4.79 Å². The number of nitrogens with zero attached hydrogens (tertiary/aromatic N) is 1. The Bertz CT molecular complexity index is 760. The van der Waals surface area contributed by atoms with Gasteiger partial charge in [0.25, 0.3) is 0 Å². The Kier molecular flexibility index (Phi) is 2.34. The molecule has 18 heavy (non-hydrogen) atoms. The SMILES string of the molecule is O=c1cc(-c2ccc(O)cc2)oc2ncccc12. The molecule has 88 valence electrons. The minimum Gasteiger partial charge on any atom is -0.508 e. The number of aromatic hydroxyl groups is 1. The molecule has 2 aromatic heterocycles. The highest BCUT2D eigenvalue weighted by Gasteiger charge is 2.07. The van der Waals surface area contributed by atoms with Crippen LogP contribution < -0.4 is 5.43 Å². The van der Waals surface area contributed by atoms with Crippen LogP contribution in [0, 0.1) is 0 Å². The highest BCUT2D eigenvalue weighted by atomic mass is 16.3. The van der Waals surface area contributed by atoms with Crippen LogP contribution in [-0.4, -0.2) is 10.1 Å². The molecule has 2 heterocycles. The average molecular weight is 239 g/mol. The Balaban J connectivity index is 2.24. The Morgan fingerprint density at radius 3 is 2.67 bits per heavy atom. The molecule has 4 heteroatoms. The first kappa shape index (κ1) is 10.5. The van der Waals surface area contributed by atoms with Crippen LogP contribution in [0.2, 0.25) is 0 Å². The molecular formula is C14H9NO3. The summed E-state index contributed by atoms with van der Waals surface area (Å²) in [5.41, 5.74) is 0.901. The molecule has 0 amide bonds. The average Bonchev–Trinajstić information content (AvgIpc) is 2.39. The van der Waals surface area contributed by atoms with E-state index in [4.69, 9.17) is 4.42 Å². The maximum atomic E-state index is 11.9. The van der Waals surface area contributed by atoms with Crippen LogP contribution in [0.1, 0.15) is 0 Å². The molecule has 4 nitrogen and oxygen atoms in total. The summed E-state index contributed by atoms with van der Waals surface area (Å²) in [5, 5.41) is 9.68. The Morgan fingerprint density at radius 1 is 1.11 bits per heavy atom. The molecule has 0 radical (unpaired) electrons. The minimum absolute atomic E-state index is 0.132. The van der Waals surface area contributed by atoms with Gasteiger partial charge in [0.15, 0.2) is 5.43 Å². The number of hydrogen-bond acceptors (Lipinski definition) is 4. The minimum atomic E-state index is -0.132. The standard InChI is InChI=1S/C14H9NO3/c16-10-5-3-9(4-6-10)13-8-12(17)11-2-1-7-15-14(11)18-13/h1-8,16H. The van der Waals surface area contributed by atoms with E-state index in [1.54, 1.807) is 30.5 Å². The van der Waals surface area contributed by atoms with Crippen molar-refractivity contribution in [3.8, 4) is 17.1 Å². The third-order valence-electron chi connectivity index (χ3n) is 2.66. The van der Waals surface area contributed by atoms with Gasteiger partial charge in [-0.05, 0) is 36.4 Å². The van der Waals surface area contributed by atoms with Crippen LogP contribution >= 0.6 is 0 Å². The lowest BCUT2D eigenvalue weighted by molar-refractivity contribution is 0.475. The quantitative estimate of drug-likeness (QED) is 0.708. The largest absolute Gasteiger partial charge is 0.508 e. The fourth-order valence-electron chi connectivity index (χ4n) is 1.76. The van der Waals surface area contributed by atoms with Crippen molar-refractivity contribution in [2.75, 3.05) is 0 Å². The van der Waals surface area contributed by atoms with Crippen molar-refractivity contribution >= 4 is 11.1 Å². The van der Waals surface area contributed by atoms with Gasteiger partial charge in [0.1, 0.15) is 11.5 Å². The van der Waals surface area contributed by atoms with E-state index in [2.05, 4.69) is 4.98 Å². The van der Waals surface area contributed by atoms with E-state index in [0.717, 1.165) is 5.56 Å². The molecule has 0 aliphatic rings. The van der Waals surface area contributed by atoms with Crippen molar-refractivity contribution in [2.24, 2.45) is 0 Å². The zero-order chi connectivity index (χ0) is 12.5. The van der Waals surface area contributed by atoms with E-state index in [-0.39, 0.29) is 11.2 Å². The number of phenols is 1. The summed E-state index contributed by atoms with van der Waals surface area (Å²) in [6.45, 7) is 0.